The molecule has 3 nitrogen and oxygen atoms in total. The zero-order valence-electron chi connectivity index (χ0n) is 16.3. The van der Waals surface area contributed by atoms with Gasteiger partial charge in [0, 0.05) is 22.8 Å². The van der Waals surface area contributed by atoms with E-state index in [0.717, 1.165) is 22.8 Å². The predicted octanol–water partition coefficient (Wildman–Crippen LogP) is 1.32. The van der Waals surface area contributed by atoms with Gasteiger partial charge in [0.2, 0.25) is 0 Å². The van der Waals surface area contributed by atoms with Gasteiger partial charge in [-0.05, 0) is 38.0 Å². The number of rotatable bonds is 7. The molecule has 2 aromatic carbocycles. The standard InChI is InChI=1S/C21H30ClN2O.BrH/c1-15-10-16(2)21(17(3)11-15)23-12-19(25)14-24(4,5)13-18-8-6-7-9-20(18)22;/h6-11,19,23,25H,12-14H2,1-5H3;1H/q+1;/p-1. The van der Waals surface area contributed by atoms with Gasteiger partial charge in [0.05, 0.1) is 14.1 Å². The quantitative estimate of drug-likeness (QED) is 0.635. The number of hydrogen-bond acceptors (Lipinski definition) is 2. The minimum atomic E-state index is -0.433. The summed E-state index contributed by atoms with van der Waals surface area (Å²) in [5.74, 6) is 0. The SMILES string of the molecule is Cc1cc(C)c(NCC(O)C[N+](C)(C)Cc2ccccc2Cl)c(C)c1.[Br-]. The highest BCUT2D eigenvalue weighted by Gasteiger charge is 2.22. The number of benzene rings is 2. The molecule has 0 saturated heterocycles. The summed E-state index contributed by atoms with van der Waals surface area (Å²) in [4.78, 5) is 0. The Bertz CT molecular complexity index is 711. The van der Waals surface area contributed by atoms with Crippen LogP contribution in [0.1, 0.15) is 22.3 Å². The fraction of sp³-hybridized carbons (Fsp3) is 0.429. The molecule has 0 aromatic heterocycles. The lowest BCUT2D eigenvalue weighted by molar-refractivity contribution is -0.906. The fourth-order valence-corrected chi connectivity index (χ4v) is 3.66. The smallest absolute Gasteiger partial charge is 0.120 e. The molecule has 0 fully saturated rings. The molecule has 0 aliphatic carbocycles. The zero-order chi connectivity index (χ0) is 18.6. The Labute approximate surface area is 173 Å². The number of anilines is 1. The Morgan fingerprint density at radius 1 is 1.08 bits per heavy atom. The first-order chi connectivity index (χ1) is 11.7. The van der Waals surface area contributed by atoms with Gasteiger partial charge in [-0.25, -0.2) is 0 Å². The van der Waals surface area contributed by atoms with Crippen LogP contribution in [-0.2, 0) is 6.54 Å². The van der Waals surface area contributed by atoms with Gasteiger partial charge in [-0.1, -0.05) is 47.5 Å². The second kappa shape index (κ2) is 9.75. The summed E-state index contributed by atoms with van der Waals surface area (Å²) in [6.07, 6.45) is -0.433. The lowest BCUT2D eigenvalue weighted by Gasteiger charge is -2.32. The lowest BCUT2D eigenvalue weighted by Crippen LogP contribution is -3.00. The number of aliphatic hydroxyl groups excluding tert-OH is 1. The molecule has 144 valence electrons. The van der Waals surface area contributed by atoms with Crippen molar-refractivity contribution in [3.63, 3.8) is 0 Å². The normalized spacial score (nSPS) is 12.4. The largest absolute Gasteiger partial charge is 1.00 e. The molecule has 0 bridgehead atoms. The summed E-state index contributed by atoms with van der Waals surface area (Å²) in [5, 5.41) is 14.7. The van der Waals surface area contributed by atoms with Gasteiger partial charge in [0.1, 0.15) is 19.2 Å². The van der Waals surface area contributed by atoms with Crippen molar-refractivity contribution in [3.05, 3.63) is 63.7 Å². The van der Waals surface area contributed by atoms with Crippen molar-refractivity contribution >= 4 is 17.3 Å². The van der Waals surface area contributed by atoms with Crippen molar-refractivity contribution in [3.8, 4) is 0 Å². The topological polar surface area (TPSA) is 32.3 Å². The highest BCUT2D eigenvalue weighted by molar-refractivity contribution is 6.31. The number of quaternary nitrogens is 1. The van der Waals surface area contributed by atoms with E-state index >= 15 is 0 Å². The Morgan fingerprint density at radius 3 is 2.23 bits per heavy atom. The number of hydrogen-bond donors (Lipinski definition) is 2. The molecular weight excluding hydrogens is 412 g/mol. The maximum absolute atomic E-state index is 10.5. The van der Waals surface area contributed by atoms with E-state index in [2.05, 4.69) is 52.3 Å². The van der Waals surface area contributed by atoms with Crippen molar-refractivity contribution in [1.29, 1.82) is 0 Å². The first kappa shape index (κ1) is 23.0. The highest BCUT2D eigenvalue weighted by atomic mass is 79.9. The number of nitrogens with zero attached hydrogens (tertiary/aromatic N) is 1. The Morgan fingerprint density at radius 2 is 1.65 bits per heavy atom. The van der Waals surface area contributed by atoms with E-state index in [1.807, 2.05) is 24.3 Å². The zero-order valence-corrected chi connectivity index (χ0v) is 18.7. The number of aryl methyl sites for hydroxylation is 3. The second-order valence-electron chi connectivity index (χ2n) is 7.68. The third-order valence-electron chi connectivity index (χ3n) is 4.45. The van der Waals surface area contributed by atoms with Crippen LogP contribution in [0, 0.1) is 20.8 Å². The summed E-state index contributed by atoms with van der Waals surface area (Å²) in [5.41, 5.74) is 5.93. The predicted molar refractivity (Wildman–Crippen MR) is 107 cm³/mol. The van der Waals surface area contributed by atoms with Gasteiger partial charge in [0.15, 0.2) is 0 Å². The van der Waals surface area contributed by atoms with Crippen molar-refractivity contribution in [2.75, 3.05) is 32.5 Å². The van der Waals surface area contributed by atoms with Crippen molar-refractivity contribution < 1.29 is 26.6 Å². The van der Waals surface area contributed by atoms with Gasteiger partial charge in [-0.15, -0.1) is 0 Å². The maximum Gasteiger partial charge on any atom is 0.120 e. The number of nitrogens with one attached hydrogen (secondary N) is 1. The number of aliphatic hydroxyl groups is 1. The minimum absolute atomic E-state index is 0. The van der Waals surface area contributed by atoms with Crippen LogP contribution in [0.3, 0.4) is 0 Å². The maximum atomic E-state index is 10.5. The molecule has 0 saturated carbocycles. The molecule has 0 spiro atoms. The van der Waals surface area contributed by atoms with Crippen LogP contribution in [0.2, 0.25) is 5.02 Å². The molecule has 1 atom stereocenters. The van der Waals surface area contributed by atoms with Crippen molar-refractivity contribution in [2.45, 2.75) is 33.4 Å². The lowest BCUT2D eigenvalue weighted by atomic mass is 10.0. The average Bonchev–Trinajstić information content (AvgIpc) is 2.47. The number of likely N-dealkylation sites (N-methyl/N-ethyl adjacent to an activating group) is 1. The molecule has 5 heteroatoms. The monoisotopic (exact) mass is 440 g/mol. The van der Waals surface area contributed by atoms with E-state index in [9.17, 15) is 5.11 Å². The molecule has 2 rings (SSSR count). The molecule has 0 aliphatic rings. The van der Waals surface area contributed by atoms with Crippen molar-refractivity contribution in [1.82, 2.24) is 0 Å². The second-order valence-corrected chi connectivity index (χ2v) is 8.08. The van der Waals surface area contributed by atoms with Gasteiger partial charge >= 0.3 is 0 Å². The van der Waals surface area contributed by atoms with E-state index < -0.39 is 6.10 Å². The highest BCUT2D eigenvalue weighted by Crippen LogP contribution is 2.22. The van der Waals surface area contributed by atoms with Crippen LogP contribution in [0.4, 0.5) is 5.69 Å². The summed E-state index contributed by atoms with van der Waals surface area (Å²) in [6, 6.07) is 12.2. The minimum Gasteiger partial charge on any atom is -1.00 e. The first-order valence-electron chi connectivity index (χ1n) is 8.73. The molecule has 0 heterocycles. The van der Waals surface area contributed by atoms with Gasteiger partial charge in [-0.2, -0.15) is 0 Å². The van der Waals surface area contributed by atoms with Crippen LogP contribution in [-0.4, -0.2) is 42.9 Å². The van der Waals surface area contributed by atoms with E-state index in [1.54, 1.807) is 0 Å². The van der Waals surface area contributed by atoms with Gasteiger partial charge in [0.25, 0.3) is 0 Å². The Balaban J connectivity index is 0.00000338. The Hall–Kier alpha value is -1.07. The molecule has 1 unspecified atom stereocenters. The fourth-order valence-electron chi connectivity index (χ4n) is 3.47. The molecule has 0 aliphatic heterocycles. The van der Waals surface area contributed by atoms with Gasteiger partial charge in [-0.3, -0.25) is 0 Å². The van der Waals surface area contributed by atoms with E-state index in [1.165, 1.54) is 16.7 Å². The van der Waals surface area contributed by atoms with Crippen molar-refractivity contribution in [2.24, 2.45) is 0 Å². The van der Waals surface area contributed by atoms with E-state index in [4.69, 9.17) is 11.6 Å². The molecular formula is C21H30BrClN2O. The molecule has 0 amide bonds. The third kappa shape index (κ3) is 6.58. The van der Waals surface area contributed by atoms with Crippen LogP contribution >= 0.6 is 11.6 Å². The van der Waals surface area contributed by atoms with Crippen LogP contribution < -0.4 is 22.3 Å². The summed E-state index contributed by atoms with van der Waals surface area (Å²) < 4.78 is 0.679. The third-order valence-corrected chi connectivity index (χ3v) is 4.82. The summed E-state index contributed by atoms with van der Waals surface area (Å²) >= 11 is 6.27. The van der Waals surface area contributed by atoms with Crippen LogP contribution in [0.25, 0.3) is 0 Å². The van der Waals surface area contributed by atoms with Crippen LogP contribution in [0.5, 0.6) is 0 Å². The molecule has 26 heavy (non-hydrogen) atoms. The summed E-state index contributed by atoms with van der Waals surface area (Å²) in [6.45, 7) is 8.29. The van der Waals surface area contributed by atoms with Crippen LogP contribution in [0.15, 0.2) is 36.4 Å². The summed E-state index contributed by atoms with van der Waals surface area (Å²) in [7, 11) is 4.24. The molecule has 0 radical (unpaired) electrons. The van der Waals surface area contributed by atoms with E-state index in [-0.39, 0.29) is 17.0 Å². The number of halogens is 2. The molecule has 2 N–H and O–H groups in total. The average molecular weight is 442 g/mol. The van der Waals surface area contributed by atoms with E-state index in [0.29, 0.717) is 17.6 Å². The molecule has 2 aromatic rings. The van der Waals surface area contributed by atoms with Gasteiger partial charge < -0.3 is 31.9 Å². The first-order valence-corrected chi connectivity index (χ1v) is 9.11. The Kier molecular flexibility index (Phi) is 8.61.